The van der Waals surface area contributed by atoms with E-state index < -0.39 is 0 Å². The zero-order valence-corrected chi connectivity index (χ0v) is 13.0. The van der Waals surface area contributed by atoms with E-state index in [4.69, 9.17) is 0 Å². The van der Waals surface area contributed by atoms with Crippen LogP contribution in [0, 0.1) is 6.92 Å². The molecule has 0 saturated carbocycles. The van der Waals surface area contributed by atoms with Gasteiger partial charge < -0.3 is 5.32 Å². The van der Waals surface area contributed by atoms with Gasteiger partial charge in [0.1, 0.15) is 0 Å². The zero-order chi connectivity index (χ0) is 13.6. The average molecular weight is 312 g/mol. The fourth-order valence-electron chi connectivity index (χ4n) is 1.86. The molecular formula is C15H22BrNO. The highest BCUT2D eigenvalue weighted by molar-refractivity contribution is 9.09. The fraction of sp³-hybridized carbons (Fsp3) is 0.533. The van der Waals surface area contributed by atoms with Gasteiger partial charge in [-0.2, -0.15) is 0 Å². The van der Waals surface area contributed by atoms with Crippen LogP contribution in [0.25, 0.3) is 0 Å². The first-order valence-electron chi connectivity index (χ1n) is 6.35. The lowest BCUT2D eigenvalue weighted by Gasteiger charge is -2.25. The normalized spacial score (nSPS) is 11.3. The number of carbonyl (C=O) groups excluding carboxylic acids is 1. The Kier molecular flexibility index (Phi) is 5.86. The molecule has 0 aliphatic heterocycles. The summed E-state index contributed by atoms with van der Waals surface area (Å²) >= 11 is 3.41. The summed E-state index contributed by atoms with van der Waals surface area (Å²) < 4.78 is 0. The van der Waals surface area contributed by atoms with Gasteiger partial charge in [0.15, 0.2) is 0 Å². The summed E-state index contributed by atoms with van der Waals surface area (Å²) in [6.07, 6.45) is 2.29. The quantitative estimate of drug-likeness (QED) is 0.799. The smallest absolute Gasteiger partial charge is 0.220 e. The molecule has 3 heteroatoms. The molecule has 0 spiro atoms. The first-order chi connectivity index (χ1) is 8.43. The molecule has 0 aromatic heterocycles. The lowest BCUT2D eigenvalue weighted by atomic mass is 10.0. The number of carbonyl (C=O) groups is 1. The SMILES string of the molecule is Cc1cccc(CCC(=O)NC(C)(C)CCBr)c1. The molecule has 1 rings (SSSR count). The van der Waals surface area contributed by atoms with Gasteiger partial charge in [-0.3, -0.25) is 4.79 Å². The van der Waals surface area contributed by atoms with Crippen molar-refractivity contribution in [3.8, 4) is 0 Å². The minimum Gasteiger partial charge on any atom is -0.351 e. The van der Waals surface area contributed by atoms with Crippen LogP contribution in [0.2, 0.25) is 0 Å². The van der Waals surface area contributed by atoms with E-state index in [9.17, 15) is 4.79 Å². The summed E-state index contributed by atoms with van der Waals surface area (Å²) in [5, 5.41) is 3.97. The highest BCUT2D eigenvalue weighted by Gasteiger charge is 2.18. The predicted molar refractivity (Wildman–Crippen MR) is 80.1 cm³/mol. The van der Waals surface area contributed by atoms with Gasteiger partial charge in [0.25, 0.3) is 0 Å². The second-order valence-electron chi connectivity index (χ2n) is 5.36. The Morgan fingerprint density at radius 3 is 2.72 bits per heavy atom. The molecular weight excluding hydrogens is 290 g/mol. The molecule has 1 amide bonds. The standard InChI is InChI=1S/C15H22BrNO/c1-12-5-4-6-13(11-12)7-8-14(18)17-15(2,3)9-10-16/h4-6,11H,7-10H2,1-3H3,(H,17,18). The van der Waals surface area contributed by atoms with Crippen LogP contribution in [0.5, 0.6) is 0 Å². The van der Waals surface area contributed by atoms with E-state index in [1.165, 1.54) is 11.1 Å². The molecule has 1 aromatic carbocycles. The van der Waals surface area contributed by atoms with Crippen molar-refractivity contribution in [2.24, 2.45) is 0 Å². The molecule has 18 heavy (non-hydrogen) atoms. The maximum atomic E-state index is 11.9. The van der Waals surface area contributed by atoms with Crippen molar-refractivity contribution in [1.29, 1.82) is 0 Å². The average Bonchev–Trinajstić information content (AvgIpc) is 2.25. The lowest BCUT2D eigenvalue weighted by molar-refractivity contribution is -0.122. The van der Waals surface area contributed by atoms with E-state index in [0.717, 1.165) is 18.2 Å². The number of amides is 1. The molecule has 0 aliphatic rings. The van der Waals surface area contributed by atoms with Gasteiger partial charge in [0.2, 0.25) is 5.91 Å². The van der Waals surface area contributed by atoms with Gasteiger partial charge in [-0.25, -0.2) is 0 Å². The van der Waals surface area contributed by atoms with Gasteiger partial charge in [-0.1, -0.05) is 45.8 Å². The van der Waals surface area contributed by atoms with Crippen molar-refractivity contribution in [3.05, 3.63) is 35.4 Å². The molecule has 2 nitrogen and oxygen atoms in total. The fourth-order valence-corrected chi connectivity index (χ4v) is 2.86. The summed E-state index contributed by atoms with van der Waals surface area (Å²) in [5.41, 5.74) is 2.34. The van der Waals surface area contributed by atoms with Crippen molar-refractivity contribution in [1.82, 2.24) is 5.32 Å². The summed E-state index contributed by atoms with van der Waals surface area (Å²) in [4.78, 5) is 11.9. The number of alkyl halides is 1. The second-order valence-corrected chi connectivity index (χ2v) is 6.15. The van der Waals surface area contributed by atoms with Crippen molar-refractivity contribution in [2.75, 3.05) is 5.33 Å². The Balaban J connectivity index is 2.42. The van der Waals surface area contributed by atoms with E-state index in [0.29, 0.717) is 6.42 Å². The number of benzene rings is 1. The molecule has 100 valence electrons. The summed E-state index contributed by atoms with van der Waals surface area (Å²) in [5.74, 6) is 0.127. The van der Waals surface area contributed by atoms with Crippen LogP contribution in [-0.2, 0) is 11.2 Å². The van der Waals surface area contributed by atoms with Gasteiger partial charge in [0, 0.05) is 17.3 Å². The Bertz CT molecular complexity index is 401. The number of aryl methyl sites for hydroxylation is 2. The van der Waals surface area contributed by atoms with Crippen molar-refractivity contribution in [2.45, 2.75) is 45.6 Å². The van der Waals surface area contributed by atoms with Crippen LogP contribution < -0.4 is 5.32 Å². The monoisotopic (exact) mass is 311 g/mol. The minimum atomic E-state index is -0.132. The molecule has 0 radical (unpaired) electrons. The highest BCUT2D eigenvalue weighted by Crippen LogP contribution is 2.11. The molecule has 1 N–H and O–H groups in total. The summed E-state index contributed by atoms with van der Waals surface area (Å²) in [6, 6.07) is 8.32. The molecule has 1 aromatic rings. The van der Waals surface area contributed by atoms with Crippen LogP contribution in [-0.4, -0.2) is 16.8 Å². The Morgan fingerprint density at radius 2 is 2.11 bits per heavy atom. The van der Waals surface area contributed by atoms with Crippen molar-refractivity contribution >= 4 is 21.8 Å². The van der Waals surface area contributed by atoms with E-state index in [1.54, 1.807) is 0 Å². The third-order valence-electron chi connectivity index (χ3n) is 2.92. The maximum Gasteiger partial charge on any atom is 0.220 e. The van der Waals surface area contributed by atoms with E-state index in [1.807, 2.05) is 6.07 Å². The van der Waals surface area contributed by atoms with E-state index >= 15 is 0 Å². The molecule has 0 unspecified atom stereocenters. The first kappa shape index (κ1) is 15.2. The van der Waals surface area contributed by atoms with Crippen LogP contribution in [0.15, 0.2) is 24.3 Å². The number of hydrogen-bond donors (Lipinski definition) is 1. The van der Waals surface area contributed by atoms with E-state index in [-0.39, 0.29) is 11.4 Å². The summed E-state index contributed by atoms with van der Waals surface area (Å²) in [7, 11) is 0. The number of halogens is 1. The predicted octanol–water partition coefficient (Wildman–Crippen LogP) is 3.61. The van der Waals surface area contributed by atoms with E-state index in [2.05, 4.69) is 60.2 Å². The molecule has 0 bridgehead atoms. The van der Waals surface area contributed by atoms with Crippen molar-refractivity contribution < 1.29 is 4.79 Å². The topological polar surface area (TPSA) is 29.1 Å². The minimum absolute atomic E-state index is 0.127. The molecule has 0 aliphatic carbocycles. The second kappa shape index (κ2) is 6.93. The number of hydrogen-bond acceptors (Lipinski definition) is 1. The third-order valence-corrected chi connectivity index (χ3v) is 3.32. The summed E-state index contributed by atoms with van der Waals surface area (Å²) in [6.45, 7) is 6.18. The maximum absolute atomic E-state index is 11.9. The Hall–Kier alpha value is -0.830. The highest BCUT2D eigenvalue weighted by atomic mass is 79.9. The van der Waals surface area contributed by atoms with Crippen molar-refractivity contribution in [3.63, 3.8) is 0 Å². The van der Waals surface area contributed by atoms with Gasteiger partial charge >= 0.3 is 0 Å². The van der Waals surface area contributed by atoms with Gasteiger partial charge in [0.05, 0.1) is 0 Å². The Morgan fingerprint density at radius 1 is 1.39 bits per heavy atom. The number of rotatable bonds is 6. The van der Waals surface area contributed by atoms with Crippen LogP contribution in [0.3, 0.4) is 0 Å². The molecule has 0 heterocycles. The zero-order valence-electron chi connectivity index (χ0n) is 11.4. The van der Waals surface area contributed by atoms with Crippen LogP contribution >= 0.6 is 15.9 Å². The number of nitrogens with one attached hydrogen (secondary N) is 1. The third kappa shape index (κ3) is 5.67. The molecule has 0 atom stereocenters. The molecule has 0 fully saturated rings. The first-order valence-corrected chi connectivity index (χ1v) is 7.47. The molecule has 0 saturated heterocycles. The van der Waals surface area contributed by atoms with Gasteiger partial charge in [-0.15, -0.1) is 0 Å². The lowest BCUT2D eigenvalue weighted by Crippen LogP contribution is -2.43. The largest absolute Gasteiger partial charge is 0.351 e. The van der Waals surface area contributed by atoms with Gasteiger partial charge in [-0.05, 0) is 39.2 Å². The Labute approximate surface area is 118 Å². The van der Waals surface area contributed by atoms with Crippen LogP contribution in [0.1, 0.15) is 37.8 Å². The van der Waals surface area contributed by atoms with Crippen LogP contribution in [0.4, 0.5) is 0 Å².